The molecule has 0 atom stereocenters. The first kappa shape index (κ1) is 14.5. The van der Waals surface area contributed by atoms with Gasteiger partial charge in [0.2, 0.25) is 5.91 Å². The Morgan fingerprint density at radius 3 is 2.73 bits per heavy atom. The van der Waals surface area contributed by atoms with E-state index in [2.05, 4.69) is 15.3 Å². The summed E-state index contributed by atoms with van der Waals surface area (Å²) in [7, 11) is 2.03. The van der Waals surface area contributed by atoms with Crippen molar-refractivity contribution in [1.29, 1.82) is 0 Å². The van der Waals surface area contributed by atoms with Crippen molar-refractivity contribution in [2.75, 3.05) is 39.8 Å². The van der Waals surface area contributed by atoms with Crippen LogP contribution in [0.15, 0.2) is 30.5 Å². The van der Waals surface area contributed by atoms with Crippen LogP contribution in [0, 0.1) is 0 Å². The van der Waals surface area contributed by atoms with Crippen LogP contribution in [0.3, 0.4) is 0 Å². The lowest BCUT2D eigenvalue weighted by molar-refractivity contribution is -0.131. The highest BCUT2D eigenvalue weighted by Gasteiger charge is 2.20. The van der Waals surface area contributed by atoms with Gasteiger partial charge in [-0.25, -0.2) is 4.52 Å². The second-order valence-electron chi connectivity index (χ2n) is 5.47. The van der Waals surface area contributed by atoms with Gasteiger partial charge in [-0.05, 0) is 25.2 Å². The lowest BCUT2D eigenvalue weighted by Crippen LogP contribution is -2.50. The van der Waals surface area contributed by atoms with Gasteiger partial charge in [0.05, 0.1) is 12.1 Å². The minimum absolute atomic E-state index is 0.0103. The number of carbonyl (C=O) groups is 2. The molecule has 1 saturated heterocycles. The van der Waals surface area contributed by atoms with Crippen molar-refractivity contribution in [1.82, 2.24) is 24.7 Å². The molecular formula is C15H19N5O2. The lowest BCUT2D eigenvalue weighted by Gasteiger charge is -2.32. The molecule has 2 aromatic rings. The summed E-state index contributed by atoms with van der Waals surface area (Å²) < 4.78 is 1.64. The molecule has 3 rings (SSSR count). The highest BCUT2D eigenvalue weighted by molar-refractivity contribution is 5.95. The zero-order valence-corrected chi connectivity index (χ0v) is 12.5. The minimum atomic E-state index is -0.328. The monoisotopic (exact) mass is 301 g/mol. The first-order valence-corrected chi connectivity index (χ1v) is 7.32. The van der Waals surface area contributed by atoms with E-state index in [4.69, 9.17) is 0 Å². The maximum atomic E-state index is 12.1. The molecule has 7 nitrogen and oxygen atoms in total. The third-order valence-corrected chi connectivity index (χ3v) is 3.86. The van der Waals surface area contributed by atoms with Gasteiger partial charge in [-0.3, -0.25) is 9.59 Å². The number of nitrogens with zero attached hydrogens (tertiary/aromatic N) is 4. The summed E-state index contributed by atoms with van der Waals surface area (Å²) in [5, 5.41) is 6.83. The van der Waals surface area contributed by atoms with Crippen LogP contribution in [0.4, 0.5) is 0 Å². The van der Waals surface area contributed by atoms with E-state index >= 15 is 0 Å². The highest BCUT2D eigenvalue weighted by Crippen LogP contribution is 2.05. The summed E-state index contributed by atoms with van der Waals surface area (Å²) in [5.74, 6) is -0.378. The largest absolute Gasteiger partial charge is 0.342 e. The number of likely N-dealkylation sites (N-methyl/N-ethyl adjacent to an activating group) is 1. The molecule has 0 saturated carbocycles. The molecule has 0 bridgehead atoms. The zero-order chi connectivity index (χ0) is 15.5. The lowest BCUT2D eigenvalue weighted by atomic mass is 10.3. The predicted molar refractivity (Wildman–Crippen MR) is 81.6 cm³/mol. The number of rotatable bonds is 3. The van der Waals surface area contributed by atoms with Crippen LogP contribution >= 0.6 is 0 Å². The fourth-order valence-corrected chi connectivity index (χ4v) is 2.46. The standard InChI is InChI=1S/C15H19N5O2/c1-18-6-8-19(9-7-18)14(21)11-16-15(22)13-10-12-4-2-3-5-20(12)17-13/h2-5,10H,6-9,11H2,1H3,(H,16,22). The predicted octanol–water partition coefficient (Wildman–Crippen LogP) is -0.162. The number of fused-ring (bicyclic) bond motifs is 1. The van der Waals surface area contributed by atoms with Gasteiger partial charge in [0.1, 0.15) is 0 Å². The number of piperazine rings is 1. The average Bonchev–Trinajstić information content (AvgIpc) is 2.97. The normalized spacial score (nSPS) is 16.0. The molecule has 116 valence electrons. The average molecular weight is 301 g/mol. The second-order valence-corrected chi connectivity index (χ2v) is 5.47. The Kier molecular flexibility index (Phi) is 4.06. The molecule has 1 fully saturated rings. The van der Waals surface area contributed by atoms with Crippen molar-refractivity contribution in [3.05, 3.63) is 36.2 Å². The Morgan fingerprint density at radius 2 is 2.00 bits per heavy atom. The molecule has 7 heteroatoms. The van der Waals surface area contributed by atoms with Crippen LogP contribution in [0.2, 0.25) is 0 Å². The first-order valence-electron chi connectivity index (χ1n) is 7.32. The molecule has 2 aromatic heterocycles. The molecular weight excluding hydrogens is 282 g/mol. The van der Waals surface area contributed by atoms with Gasteiger partial charge in [-0.1, -0.05) is 6.07 Å². The third-order valence-electron chi connectivity index (χ3n) is 3.86. The smallest absolute Gasteiger partial charge is 0.272 e. The Balaban J connectivity index is 1.56. The number of amides is 2. The number of hydrogen-bond acceptors (Lipinski definition) is 4. The molecule has 1 aliphatic rings. The molecule has 0 radical (unpaired) electrons. The van der Waals surface area contributed by atoms with E-state index in [0.29, 0.717) is 18.8 Å². The van der Waals surface area contributed by atoms with Gasteiger partial charge < -0.3 is 15.1 Å². The topological polar surface area (TPSA) is 70.0 Å². The number of nitrogens with one attached hydrogen (secondary N) is 1. The van der Waals surface area contributed by atoms with E-state index in [-0.39, 0.29) is 18.4 Å². The Labute approximate surface area is 128 Å². The molecule has 1 N–H and O–H groups in total. The quantitative estimate of drug-likeness (QED) is 0.855. The summed E-state index contributed by atoms with van der Waals surface area (Å²) in [5.41, 5.74) is 1.16. The van der Waals surface area contributed by atoms with E-state index in [1.54, 1.807) is 21.7 Å². The molecule has 0 unspecified atom stereocenters. The number of hydrogen-bond donors (Lipinski definition) is 1. The number of aromatic nitrogens is 2. The summed E-state index contributed by atoms with van der Waals surface area (Å²) in [4.78, 5) is 28.1. The molecule has 22 heavy (non-hydrogen) atoms. The van der Waals surface area contributed by atoms with Gasteiger partial charge in [0.15, 0.2) is 5.69 Å². The third kappa shape index (κ3) is 3.09. The van der Waals surface area contributed by atoms with Crippen LogP contribution in [-0.4, -0.2) is 71.0 Å². The van der Waals surface area contributed by atoms with E-state index < -0.39 is 0 Å². The Bertz CT molecular complexity index is 655. The SMILES string of the molecule is CN1CCN(C(=O)CNC(=O)c2cc3ccccn3n2)CC1. The number of pyridine rings is 1. The van der Waals surface area contributed by atoms with Crippen molar-refractivity contribution < 1.29 is 9.59 Å². The van der Waals surface area contributed by atoms with Gasteiger partial charge in [-0.15, -0.1) is 0 Å². The molecule has 0 aromatic carbocycles. The van der Waals surface area contributed by atoms with Crippen molar-refractivity contribution in [3.8, 4) is 0 Å². The van der Waals surface area contributed by atoms with E-state index in [1.165, 1.54) is 0 Å². The van der Waals surface area contributed by atoms with Crippen molar-refractivity contribution in [3.63, 3.8) is 0 Å². The zero-order valence-electron chi connectivity index (χ0n) is 12.5. The van der Waals surface area contributed by atoms with E-state index in [9.17, 15) is 9.59 Å². The van der Waals surface area contributed by atoms with Gasteiger partial charge in [0, 0.05) is 32.4 Å². The van der Waals surface area contributed by atoms with Gasteiger partial charge in [0.25, 0.3) is 5.91 Å². The summed E-state index contributed by atoms with van der Waals surface area (Å²) in [6, 6.07) is 7.31. The van der Waals surface area contributed by atoms with Crippen LogP contribution in [-0.2, 0) is 4.79 Å². The minimum Gasteiger partial charge on any atom is -0.342 e. The fourth-order valence-electron chi connectivity index (χ4n) is 2.46. The Morgan fingerprint density at radius 1 is 1.23 bits per heavy atom. The van der Waals surface area contributed by atoms with Crippen molar-refractivity contribution in [2.24, 2.45) is 0 Å². The van der Waals surface area contributed by atoms with Crippen LogP contribution in [0.25, 0.3) is 5.52 Å². The van der Waals surface area contributed by atoms with Crippen molar-refractivity contribution in [2.45, 2.75) is 0 Å². The van der Waals surface area contributed by atoms with Crippen molar-refractivity contribution >= 4 is 17.3 Å². The summed E-state index contributed by atoms with van der Waals surface area (Å²) in [6.45, 7) is 3.16. The van der Waals surface area contributed by atoms with Crippen LogP contribution in [0.5, 0.6) is 0 Å². The maximum Gasteiger partial charge on any atom is 0.272 e. The van der Waals surface area contributed by atoms with Gasteiger partial charge in [-0.2, -0.15) is 5.10 Å². The molecule has 0 spiro atoms. The summed E-state index contributed by atoms with van der Waals surface area (Å²) in [6.07, 6.45) is 1.78. The van der Waals surface area contributed by atoms with Crippen LogP contribution in [0.1, 0.15) is 10.5 Å². The van der Waals surface area contributed by atoms with Crippen LogP contribution < -0.4 is 5.32 Å². The van der Waals surface area contributed by atoms with Gasteiger partial charge >= 0.3 is 0 Å². The molecule has 1 aliphatic heterocycles. The molecule has 0 aliphatic carbocycles. The van der Waals surface area contributed by atoms with E-state index in [0.717, 1.165) is 18.6 Å². The molecule has 2 amide bonds. The summed E-state index contributed by atoms with van der Waals surface area (Å²) >= 11 is 0. The fraction of sp³-hybridized carbons (Fsp3) is 0.400. The highest BCUT2D eigenvalue weighted by atomic mass is 16.2. The molecule has 3 heterocycles. The van der Waals surface area contributed by atoms with E-state index in [1.807, 2.05) is 25.2 Å². The Hall–Kier alpha value is -2.41. The number of carbonyl (C=O) groups excluding carboxylic acids is 2. The second kappa shape index (κ2) is 6.15. The first-order chi connectivity index (χ1) is 10.6. The maximum absolute atomic E-state index is 12.1.